The van der Waals surface area contributed by atoms with Crippen LogP contribution in [0.5, 0.6) is 0 Å². The minimum absolute atomic E-state index is 0.470. The fraction of sp³-hybridized carbons (Fsp3) is 0.0714. The molecule has 6 nitrogen and oxygen atoms in total. The Hall–Kier alpha value is -2.31. The molecule has 0 saturated carbocycles. The second-order valence-electron chi connectivity index (χ2n) is 4.49. The first-order valence-corrected chi connectivity index (χ1v) is 7.10. The van der Waals surface area contributed by atoms with Crippen LogP contribution in [-0.2, 0) is 0 Å². The SMILES string of the molecule is Cc1cc(Nc2cc(Nc3ccc(Cl)c(Cl)c3)ncn2)no1. The number of nitrogens with one attached hydrogen (secondary N) is 2. The molecule has 2 heterocycles. The van der Waals surface area contributed by atoms with Crippen molar-refractivity contribution < 1.29 is 4.52 Å². The molecule has 8 heteroatoms. The van der Waals surface area contributed by atoms with Crippen LogP contribution in [0.2, 0.25) is 10.0 Å². The molecular weight excluding hydrogens is 325 g/mol. The van der Waals surface area contributed by atoms with Crippen LogP contribution in [0.25, 0.3) is 0 Å². The summed E-state index contributed by atoms with van der Waals surface area (Å²) in [6, 6.07) is 8.76. The molecule has 22 heavy (non-hydrogen) atoms. The van der Waals surface area contributed by atoms with Crippen LogP contribution in [0.4, 0.5) is 23.1 Å². The van der Waals surface area contributed by atoms with E-state index in [1.165, 1.54) is 6.33 Å². The number of aryl methyl sites for hydroxylation is 1. The summed E-state index contributed by atoms with van der Waals surface area (Å²) < 4.78 is 4.99. The molecule has 0 amide bonds. The van der Waals surface area contributed by atoms with Crippen molar-refractivity contribution in [3.63, 3.8) is 0 Å². The van der Waals surface area contributed by atoms with Crippen molar-refractivity contribution in [3.8, 4) is 0 Å². The molecule has 2 aromatic heterocycles. The number of aromatic nitrogens is 3. The Bertz CT molecular complexity index is 805. The molecule has 0 radical (unpaired) electrons. The molecule has 0 atom stereocenters. The Morgan fingerprint density at radius 3 is 2.36 bits per heavy atom. The van der Waals surface area contributed by atoms with Gasteiger partial charge >= 0.3 is 0 Å². The van der Waals surface area contributed by atoms with Gasteiger partial charge in [-0.1, -0.05) is 28.4 Å². The zero-order chi connectivity index (χ0) is 15.5. The second-order valence-corrected chi connectivity index (χ2v) is 5.30. The number of hydrogen-bond acceptors (Lipinski definition) is 6. The smallest absolute Gasteiger partial charge is 0.175 e. The highest BCUT2D eigenvalue weighted by Gasteiger charge is 2.05. The molecule has 3 aromatic rings. The number of hydrogen-bond donors (Lipinski definition) is 2. The maximum Gasteiger partial charge on any atom is 0.175 e. The maximum absolute atomic E-state index is 5.99. The van der Waals surface area contributed by atoms with E-state index in [4.69, 9.17) is 27.7 Å². The molecule has 0 aliphatic carbocycles. The molecule has 1 aromatic carbocycles. The summed E-state index contributed by atoms with van der Waals surface area (Å²) in [5.74, 6) is 2.49. The van der Waals surface area contributed by atoms with E-state index in [-0.39, 0.29) is 0 Å². The van der Waals surface area contributed by atoms with Gasteiger partial charge in [0.05, 0.1) is 10.0 Å². The van der Waals surface area contributed by atoms with Crippen molar-refractivity contribution in [2.75, 3.05) is 10.6 Å². The molecule has 0 aliphatic heterocycles. The van der Waals surface area contributed by atoms with Crippen LogP contribution in [0.1, 0.15) is 5.76 Å². The number of anilines is 4. The van der Waals surface area contributed by atoms with Crippen LogP contribution in [0.3, 0.4) is 0 Å². The Morgan fingerprint density at radius 2 is 1.68 bits per heavy atom. The topological polar surface area (TPSA) is 75.9 Å². The fourth-order valence-corrected chi connectivity index (χ4v) is 2.07. The molecule has 0 aliphatic rings. The van der Waals surface area contributed by atoms with Crippen molar-refractivity contribution in [2.45, 2.75) is 6.92 Å². The van der Waals surface area contributed by atoms with E-state index in [2.05, 4.69) is 25.8 Å². The zero-order valence-electron chi connectivity index (χ0n) is 11.5. The van der Waals surface area contributed by atoms with Gasteiger partial charge < -0.3 is 15.2 Å². The maximum atomic E-state index is 5.99. The second kappa shape index (κ2) is 6.21. The van der Waals surface area contributed by atoms with Crippen LogP contribution < -0.4 is 10.6 Å². The number of halogens is 2. The lowest BCUT2D eigenvalue weighted by atomic mass is 10.3. The summed E-state index contributed by atoms with van der Waals surface area (Å²) in [5, 5.41) is 11.0. The molecular formula is C14H11Cl2N5O. The van der Waals surface area contributed by atoms with Gasteiger partial charge in [-0.05, 0) is 25.1 Å². The number of benzene rings is 1. The van der Waals surface area contributed by atoms with Crippen LogP contribution >= 0.6 is 23.2 Å². The van der Waals surface area contributed by atoms with Gasteiger partial charge in [0.25, 0.3) is 0 Å². The predicted molar refractivity (Wildman–Crippen MR) is 86.3 cm³/mol. The van der Waals surface area contributed by atoms with Gasteiger partial charge in [-0.2, -0.15) is 0 Å². The average molecular weight is 336 g/mol. The highest BCUT2D eigenvalue weighted by molar-refractivity contribution is 6.42. The number of nitrogens with zero attached hydrogens (tertiary/aromatic N) is 3. The molecule has 0 saturated heterocycles. The van der Waals surface area contributed by atoms with E-state index in [9.17, 15) is 0 Å². The Labute approximate surface area is 136 Å². The highest BCUT2D eigenvalue weighted by Crippen LogP contribution is 2.27. The third-order valence-corrected chi connectivity index (χ3v) is 3.48. The van der Waals surface area contributed by atoms with E-state index < -0.39 is 0 Å². The van der Waals surface area contributed by atoms with E-state index >= 15 is 0 Å². The Balaban J connectivity index is 1.77. The summed E-state index contributed by atoms with van der Waals surface area (Å²) in [5.41, 5.74) is 0.774. The lowest BCUT2D eigenvalue weighted by molar-refractivity contribution is 0.400. The van der Waals surface area contributed by atoms with Crippen molar-refractivity contribution in [1.82, 2.24) is 15.1 Å². The summed E-state index contributed by atoms with van der Waals surface area (Å²) in [6.07, 6.45) is 1.44. The van der Waals surface area contributed by atoms with E-state index in [1.807, 2.05) is 13.0 Å². The van der Waals surface area contributed by atoms with E-state index in [0.717, 1.165) is 5.69 Å². The van der Waals surface area contributed by atoms with Gasteiger partial charge in [0.1, 0.15) is 23.7 Å². The van der Waals surface area contributed by atoms with Crippen molar-refractivity contribution in [2.24, 2.45) is 0 Å². The van der Waals surface area contributed by atoms with Crippen molar-refractivity contribution >= 4 is 46.3 Å². The summed E-state index contributed by atoms with van der Waals surface area (Å²) in [7, 11) is 0. The Morgan fingerprint density at radius 1 is 0.909 bits per heavy atom. The van der Waals surface area contributed by atoms with Gasteiger partial charge in [0, 0.05) is 17.8 Å². The standard InChI is InChI=1S/C14H11Cl2N5O/c1-8-4-14(21-22-8)20-13-6-12(17-7-18-13)19-9-2-3-10(15)11(16)5-9/h2-7H,1H3,(H2,17,18,19,20,21). The molecule has 3 rings (SSSR count). The lowest BCUT2D eigenvalue weighted by Crippen LogP contribution is -1.98. The summed E-state index contributed by atoms with van der Waals surface area (Å²) in [4.78, 5) is 8.28. The summed E-state index contributed by atoms with van der Waals surface area (Å²) in [6.45, 7) is 1.81. The average Bonchev–Trinajstić information content (AvgIpc) is 2.89. The van der Waals surface area contributed by atoms with Gasteiger partial charge in [-0.25, -0.2) is 9.97 Å². The summed E-state index contributed by atoms with van der Waals surface area (Å²) >= 11 is 11.9. The normalized spacial score (nSPS) is 10.5. The van der Waals surface area contributed by atoms with Gasteiger partial charge in [0.15, 0.2) is 5.82 Å². The number of rotatable bonds is 4. The third-order valence-electron chi connectivity index (χ3n) is 2.74. The van der Waals surface area contributed by atoms with Crippen molar-refractivity contribution in [1.29, 1.82) is 0 Å². The minimum Gasteiger partial charge on any atom is -0.360 e. The predicted octanol–water partition coefficient (Wildman–Crippen LogP) is 4.57. The molecule has 0 unspecified atom stereocenters. The van der Waals surface area contributed by atoms with E-state index in [1.54, 1.807) is 24.3 Å². The third kappa shape index (κ3) is 3.47. The lowest BCUT2D eigenvalue weighted by Gasteiger charge is -2.08. The fourth-order valence-electron chi connectivity index (χ4n) is 1.77. The van der Waals surface area contributed by atoms with Crippen LogP contribution in [0.15, 0.2) is 41.2 Å². The monoisotopic (exact) mass is 335 g/mol. The highest BCUT2D eigenvalue weighted by atomic mass is 35.5. The molecule has 0 fully saturated rings. The first-order chi connectivity index (χ1) is 10.6. The van der Waals surface area contributed by atoms with Gasteiger partial charge in [-0.15, -0.1) is 0 Å². The molecule has 0 bridgehead atoms. The van der Waals surface area contributed by atoms with E-state index in [0.29, 0.717) is 33.3 Å². The first kappa shape index (κ1) is 14.6. The minimum atomic E-state index is 0.470. The molecule has 112 valence electrons. The largest absolute Gasteiger partial charge is 0.360 e. The van der Waals surface area contributed by atoms with Crippen LogP contribution in [0, 0.1) is 6.92 Å². The Kier molecular flexibility index (Phi) is 4.13. The molecule has 2 N–H and O–H groups in total. The van der Waals surface area contributed by atoms with Gasteiger partial charge in [0.2, 0.25) is 0 Å². The van der Waals surface area contributed by atoms with Crippen LogP contribution in [-0.4, -0.2) is 15.1 Å². The quantitative estimate of drug-likeness (QED) is 0.727. The van der Waals surface area contributed by atoms with Crippen molar-refractivity contribution in [3.05, 3.63) is 52.5 Å². The first-order valence-electron chi connectivity index (χ1n) is 6.34. The van der Waals surface area contributed by atoms with Gasteiger partial charge in [-0.3, -0.25) is 0 Å². The molecule has 0 spiro atoms. The zero-order valence-corrected chi connectivity index (χ0v) is 13.0.